The molecule has 0 aliphatic carbocycles. The summed E-state index contributed by atoms with van der Waals surface area (Å²) in [6.45, 7) is 9.38. The van der Waals surface area contributed by atoms with Gasteiger partial charge in [-0.15, -0.1) is 11.3 Å². The molecule has 0 radical (unpaired) electrons. The van der Waals surface area contributed by atoms with Crippen LogP contribution in [-0.2, 0) is 6.54 Å². The number of quaternary nitrogens is 1. The lowest BCUT2D eigenvalue weighted by Crippen LogP contribution is -3.13. The molecular formula is C21H26N4O2S+2. The first-order valence-electron chi connectivity index (χ1n) is 9.61. The van der Waals surface area contributed by atoms with Crippen molar-refractivity contribution in [1.29, 1.82) is 0 Å². The van der Waals surface area contributed by atoms with Gasteiger partial charge in [-0.25, -0.2) is 4.98 Å². The monoisotopic (exact) mass is 398 g/mol. The van der Waals surface area contributed by atoms with Gasteiger partial charge in [0, 0.05) is 16.5 Å². The summed E-state index contributed by atoms with van der Waals surface area (Å²) >= 11 is 1.65. The van der Waals surface area contributed by atoms with Gasteiger partial charge in [0.1, 0.15) is 37.7 Å². The van der Waals surface area contributed by atoms with Gasteiger partial charge in [0.15, 0.2) is 5.76 Å². The Hall–Kier alpha value is -2.64. The van der Waals surface area contributed by atoms with E-state index in [1.54, 1.807) is 28.4 Å². The maximum absolute atomic E-state index is 12.4. The fourth-order valence-electron chi connectivity index (χ4n) is 3.63. The van der Waals surface area contributed by atoms with Crippen molar-refractivity contribution in [3.05, 3.63) is 64.6 Å². The molecule has 7 heteroatoms. The number of carbonyl (C=O) groups is 1. The SMILES string of the molecule is Cc1sc(NC(=O)c2ccco2)c(C[NH+]2CCN(c3cccc[nH+]3)CC2)c1C. The molecule has 1 fully saturated rings. The number of nitrogens with one attached hydrogen (secondary N) is 3. The van der Waals surface area contributed by atoms with E-state index in [0.29, 0.717) is 5.76 Å². The molecule has 0 unspecified atom stereocenters. The third kappa shape index (κ3) is 3.95. The number of nitrogens with zero attached hydrogens (tertiary/aromatic N) is 1. The van der Waals surface area contributed by atoms with Crippen molar-refractivity contribution in [3.63, 3.8) is 0 Å². The van der Waals surface area contributed by atoms with Crippen molar-refractivity contribution in [2.75, 3.05) is 36.4 Å². The third-order valence-corrected chi connectivity index (χ3v) is 6.58. The molecule has 1 aliphatic heterocycles. The number of aromatic amines is 1. The number of hydrogen-bond donors (Lipinski definition) is 2. The van der Waals surface area contributed by atoms with Crippen LogP contribution in [0.25, 0.3) is 0 Å². The number of aromatic nitrogens is 1. The smallest absolute Gasteiger partial charge is 0.291 e. The molecule has 3 aromatic rings. The lowest BCUT2D eigenvalue weighted by Gasteiger charge is -2.28. The molecule has 1 amide bonds. The van der Waals surface area contributed by atoms with Gasteiger partial charge in [-0.3, -0.25) is 9.69 Å². The Bertz CT molecular complexity index is 929. The van der Waals surface area contributed by atoms with Crippen molar-refractivity contribution in [2.24, 2.45) is 0 Å². The van der Waals surface area contributed by atoms with Crippen molar-refractivity contribution in [1.82, 2.24) is 0 Å². The minimum absolute atomic E-state index is 0.188. The first-order chi connectivity index (χ1) is 13.6. The lowest BCUT2D eigenvalue weighted by molar-refractivity contribution is -0.914. The van der Waals surface area contributed by atoms with Crippen LogP contribution in [0.1, 0.15) is 26.6 Å². The summed E-state index contributed by atoms with van der Waals surface area (Å²) in [6.07, 6.45) is 3.49. The molecule has 28 heavy (non-hydrogen) atoms. The Morgan fingerprint density at radius 1 is 1.25 bits per heavy atom. The molecule has 6 nitrogen and oxygen atoms in total. The van der Waals surface area contributed by atoms with E-state index >= 15 is 0 Å². The molecular weight excluding hydrogens is 372 g/mol. The summed E-state index contributed by atoms with van der Waals surface area (Å²) in [5.74, 6) is 1.33. The van der Waals surface area contributed by atoms with Gasteiger partial charge in [0.25, 0.3) is 11.7 Å². The maximum Gasteiger partial charge on any atom is 0.291 e. The van der Waals surface area contributed by atoms with Crippen molar-refractivity contribution < 1.29 is 19.1 Å². The number of pyridine rings is 1. The normalized spacial score (nSPS) is 15.0. The molecule has 3 N–H and O–H groups in total. The van der Waals surface area contributed by atoms with Crippen LogP contribution >= 0.6 is 11.3 Å². The quantitative estimate of drug-likeness (QED) is 0.690. The van der Waals surface area contributed by atoms with E-state index in [0.717, 1.165) is 37.7 Å². The summed E-state index contributed by atoms with van der Waals surface area (Å²) in [5.41, 5.74) is 2.53. The zero-order valence-electron chi connectivity index (χ0n) is 16.2. The molecule has 4 rings (SSSR count). The molecule has 0 bridgehead atoms. The van der Waals surface area contributed by atoms with Crippen LogP contribution in [-0.4, -0.2) is 32.1 Å². The van der Waals surface area contributed by atoms with Crippen LogP contribution in [0.5, 0.6) is 0 Å². The van der Waals surface area contributed by atoms with E-state index in [9.17, 15) is 4.79 Å². The lowest BCUT2D eigenvalue weighted by atomic mass is 10.1. The summed E-state index contributed by atoms with van der Waals surface area (Å²) in [7, 11) is 0. The fourth-order valence-corrected chi connectivity index (χ4v) is 4.71. The van der Waals surface area contributed by atoms with E-state index in [1.165, 1.54) is 28.1 Å². The second-order valence-electron chi connectivity index (χ2n) is 7.18. The Morgan fingerprint density at radius 2 is 2.07 bits per heavy atom. The van der Waals surface area contributed by atoms with Gasteiger partial charge in [0.2, 0.25) is 0 Å². The van der Waals surface area contributed by atoms with Gasteiger partial charge >= 0.3 is 0 Å². The predicted molar refractivity (Wildman–Crippen MR) is 110 cm³/mol. The van der Waals surface area contributed by atoms with E-state index in [-0.39, 0.29) is 5.91 Å². The summed E-state index contributed by atoms with van der Waals surface area (Å²) < 4.78 is 5.23. The Labute approximate surface area is 168 Å². The number of thiophene rings is 1. The minimum Gasteiger partial charge on any atom is -0.459 e. The van der Waals surface area contributed by atoms with Crippen LogP contribution in [0.2, 0.25) is 0 Å². The van der Waals surface area contributed by atoms with E-state index in [4.69, 9.17) is 4.42 Å². The molecule has 4 heterocycles. The number of hydrogen-bond acceptors (Lipinski definition) is 4. The van der Waals surface area contributed by atoms with Gasteiger partial charge < -0.3 is 14.6 Å². The zero-order chi connectivity index (χ0) is 19.5. The van der Waals surface area contributed by atoms with Gasteiger partial charge in [-0.1, -0.05) is 6.07 Å². The maximum atomic E-state index is 12.4. The van der Waals surface area contributed by atoms with Crippen LogP contribution in [0, 0.1) is 13.8 Å². The summed E-state index contributed by atoms with van der Waals surface area (Å²) in [4.78, 5) is 20.9. The van der Waals surface area contributed by atoms with Crippen molar-refractivity contribution in [2.45, 2.75) is 20.4 Å². The number of aryl methyl sites for hydroxylation is 1. The molecule has 0 aromatic carbocycles. The number of piperazine rings is 1. The van der Waals surface area contributed by atoms with Gasteiger partial charge in [-0.2, -0.15) is 0 Å². The fraction of sp³-hybridized carbons (Fsp3) is 0.333. The topological polar surface area (TPSA) is 64.1 Å². The number of anilines is 2. The second-order valence-corrected chi connectivity index (χ2v) is 8.41. The second kappa shape index (κ2) is 8.16. The van der Waals surface area contributed by atoms with Crippen molar-refractivity contribution >= 4 is 28.1 Å². The number of carbonyl (C=O) groups excluding carboxylic acids is 1. The highest BCUT2D eigenvalue weighted by molar-refractivity contribution is 7.16. The van der Waals surface area contributed by atoms with Crippen molar-refractivity contribution in [3.8, 4) is 0 Å². The number of furan rings is 1. The average Bonchev–Trinajstić information content (AvgIpc) is 3.34. The molecule has 1 aliphatic rings. The first kappa shape index (κ1) is 18.7. The predicted octanol–water partition coefficient (Wildman–Crippen LogP) is 1.93. The highest BCUT2D eigenvalue weighted by Crippen LogP contribution is 2.32. The van der Waals surface area contributed by atoms with Crippen LogP contribution < -0.4 is 20.1 Å². The highest BCUT2D eigenvalue weighted by atomic mass is 32.1. The third-order valence-electron chi connectivity index (χ3n) is 5.41. The largest absolute Gasteiger partial charge is 0.459 e. The minimum atomic E-state index is -0.188. The first-order valence-corrected chi connectivity index (χ1v) is 10.4. The Balaban J connectivity index is 1.43. The van der Waals surface area contributed by atoms with Gasteiger partial charge in [0.05, 0.1) is 12.5 Å². The van der Waals surface area contributed by atoms with Crippen LogP contribution in [0.15, 0.2) is 47.2 Å². The number of H-pyrrole nitrogens is 1. The number of rotatable bonds is 5. The van der Waals surface area contributed by atoms with E-state index in [1.807, 2.05) is 12.3 Å². The Morgan fingerprint density at radius 3 is 2.75 bits per heavy atom. The zero-order valence-corrected chi connectivity index (χ0v) is 17.1. The average molecular weight is 399 g/mol. The van der Waals surface area contributed by atoms with E-state index < -0.39 is 0 Å². The molecule has 0 atom stereocenters. The molecule has 3 aromatic heterocycles. The van der Waals surface area contributed by atoms with E-state index in [2.05, 4.69) is 41.2 Å². The summed E-state index contributed by atoms with van der Waals surface area (Å²) in [6, 6.07) is 9.61. The molecule has 146 valence electrons. The molecule has 1 saturated heterocycles. The summed E-state index contributed by atoms with van der Waals surface area (Å²) in [5, 5.41) is 4.00. The molecule has 0 spiro atoms. The van der Waals surface area contributed by atoms with Gasteiger partial charge in [-0.05, 0) is 37.6 Å². The highest BCUT2D eigenvalue weighted by Gasteiger charge is 2.28. The van der Waals surface area contributed by atoms with Crippen LogP contribution in [0.4, 0.5) is 10.8 Å². The number of amides is 1. The standard InChI is InChI=1S/C21H24N4O2S/c1-15-16(2)28-21(23-20(26)18-6-5-13-27-18)17(15)14-24-9-11-25(12-10-24)19-7-3-4-8-22-19/h3-8,13H,9-12,14H2,1-2H3,(H,23,26)/p+2. The Kier molecular flexibility index (Phi) is 5.45. The van der Waals surface area contributed by atoms with Crippen LogP contribution in [0.3, 0.4) is 0 Å². The molecule has 0 saturated carbocycles.